The number of carbonyl (C=O) groups is 2. The van der Waals surface area contributed by atoms with Gasteiger partial charge in [-0.3, -0.25) is 4.79 Å². The molecular weight excluding hydrogens is 384 g/mol. The van der Waals surface area contributed by atoms with E-state index in [1.165, 1.54) is 5.56 Å². The topological polar surface area (TPSA) is 58.6 Å². The average Bonchev–Trinajstić information content (AvgIpc) is 2.66. The van der Waals surface area contributed by atoms with Crippen molar-refractivity contribution >= 4 is 29.4 Å². The molecule has 0 aliphatic rings. The first-order chi connectivity index (χ1) is 13.7. The molecule has 2 rings (SSSR count). The second-order valence-corrected chi connectivity index (χ2v) is 8.60. The molecule has 0 radical (unpaired) electrons. The van der Waals surface area contributed by atoms with Crippen LogP contribution in [0.1, 0.15) is 49.2 Å². The minimum atomic E-state index is -0.555. The second-order valence-electron chi connectivity index (χ2n) is 7.74. The summed E-state index contributed by atoms with van der Waals surface area (Å²) in [6.45, 7) is 8.30. The van der Waals surface area contributed by atoms with Gasteiger partial charge in [0, 0.05) is 23.5 Å². The monoisotopic (exact) mass is 414 g/mol. The van der Waals surface area contributed by atoms with Gasteiger partial charge in [-0.2, -0.15) is 11.8 Å². The number of nitrogens with one attached hydrogen (secondary N) is 1. The van der Waals surface area contributed by atoms with Gasteiger partial charge in [-0.05, 0) is 63.3 Å². The summed E-state index contributed by atoms with van der Waals surface area (Å²) in [7, 11) is 0. The van der Waals surface area contributed by atoms with E-state index < -0.39 is 5.60 Å². The summed E-state index contributed by atoms with van der Waals surface area (Å²) in [4.78, 5) is 26.8. The summed E-state index contributed by atoms with van der Waals surface area (Å²) < 4.78 is 5.48. The summed E-state index contributed by atoms with van der Waals surface area (Å²) in [5.41, 5.74) is 2.77. The second kappa shape index (κ2) is 10.3. The van der Waals surface area contributed by atoms with Gasteiger partial charge in [0.1, 0.15) is 5.60 Å². The molecule has 0 spiro atoms. The van der Waals surface area contributed by atoms with E-state index in [1.54, 1.807) is 16.7 Å². The lowest BCUT2D eigenvalue weighted by Crippen LogP contribution is -2.36. The smallest absolute Gasteiger partial charge is 0.410 e. The summed E-state index contributed by atoms with van der Waals surface area (Å²) >= 11 is 1.74. The fraction of sp³-hybridized carbons (Fsp3) is 0.391. The Labute approximate surface area is 177 Å². The van der Waals surface area contributed by atoms with E-state index in [9.17, 15) is 9.59 Å². The van der Waals surface area contributed by atoms with Crippen molar-refractivity contribution in [1.29, 1.82) is 0 Å². The molecule has 0 fully saturated rings. The molecule has 0 aliphatic carbocycles. The van der Waals surface area contributed by atoms with Crippen LogP contribution in [0.4, 0.5) is 10.5 Å². The van der Waals surface area contributed by atoms with Gasteiger partial charge >= 0.3 is 6.09 Å². The highest BCUT2D eigenvalue weighted by molar-refractivity contribution is 7.97. The van der Waals surface area contributed by atoms with Crippen LogP contribution in [0.5, 0.6) is 0 Å². The van der Waals surface area contributed by atoms with E-state index in [2.05, 4.69) is 11.6 Å². The van der Waals surface area contributed by atoms with Crippen molar-refractivity contribution in [3.05, 3.63) is 65.2 Å². The van der Waals surface area contributed by atoms with Gasteiger partial charge in [-0.1, -0.05) is 30.3 Å². The van der Waals surface area contributed by atoms with Crippen LogP contribution in [0, 0.1) is 0 Å². The Bertz CT molecular complexity index is 829. The molecule has 0 saturated carbocycles. The van der Waals surface area contributed by atoms with Crippen LogP contribution >= 0.6 is 11.8 Å². The third-order valence-electron chi connectivity index (χ3n) is 4.19. The molecule has 0 atom stereocenters. The zero-order valence-corrected chi connectivity index (χ0v) is 18.6. The fourth-order valence-corrected chi connectivity index (χ4v) is 3.26. The maximum absolute atomic E-state index is 12.7. The Morgan fingerprint density at radius 2 is 1.72 bits per heavy atom. The van der Waals surface area contributed by atoms with Crippen LogP contribution in [-0.2, 0) is 17.0 Å². The third-order valence-corrected chi connectivity index (χ3v) is 4.81. The Balaban J connectivity index is 2.13. The molecule has 0 bridgehead atoms. The number of ether oxygens (including phenoxy) is 1. The zero-order chi connectivity index (χ0) is 21.4. The molecule has 1 N–H and O–H groups in total. The Morgan fingerprint density at radius 3 is 2.31 bits per heavy atom. The predicted molar refractivity (Wildman–Crippen MR) is 120 cm³/mol. The van der Waals surface area contributed by atoms with Gasteiger partial charge in [0.25, 0.3) is 5.91 Å². The lowest BCUT2D eigenvalue weighted by atomic mass is 10.1. The van der Waals surface area contributed by atoms with Gasteiger partial charge in [-0.15, -0.1) is 0 Å². The van der Waals surface area contributed by atoms with Gasteiger partial charge in [0.05, 0.1) is 6.54 Å². The molecule has 2 aromatic carbocycles. The molecule has 5 nitrogen and oxygen atoms in total. The lowest BCUT2D eigenvalue weighted by molar-refractivity contribution is 0.0245. The molecule has 0 saturated heterocycles. The molecule has 156 valence electrons. The number of hydrogen-bond acceptors (Lipinski definition) is 4. The molecule has 2 amide bonds. The number of hydrogen-bond donors (Lipinski definition) is 1. The number of anilines is 1. The minimum absolute atomic E-state index is 0.173. The van der Waals surface area contributed by atoms with Gasteiger partial charge < -0.3 is 15.0 Å². The Hall–Kier alpha value is -2.47. The SMILES string of the molecule is CCN(Cc1ccccc1NC(=O)c1ccc(CSC)cc1)C(=O)OC(C)(C)C. The van der Waals surface area contributed by atoms with E-state index in [0.717, 1.165) is 11.3 Å². The standard InChI is InChI=1S/C23H30N2O3S/c1-6-25(22(27)28-23(2,3)4)15-19-9-7-8-10-20(19)24-21(26)18-13-11-17(12-14-18)16-29-5/h7-14H,6,15-16H2,1-5H3,(H,24,26). The highest BCUT2D eigenvalue weighted by Gasteiger charge is 2.22. The summed E-state index contributed by atoms with van der Waals surface area (Å²) in [6, 6.07) is 15.1. The number of rotatable bonds is 7. The minimum Gasteiger partial charge on any atom is -0.444 e. The first-order valence-electron chi connectivity index (χ1n) is 9.68. The molecule has 29 heavy (non-hydrogen) atoms. The molecule has 0 heterocycles. The molecular formula is C23H30N2O3S. The number of nitrogens with zero attached hydrogens (tertiary/aromatic N) is 1. The van der Waals surface area contributed by atoms with Crippen molar-refractivity contribution in [3.8, 4) is 0 Å². The number of amides is 2. The van der Waals surface area contributed by atoms with Crippen LogP contribution in [0.25, 0.3) is 0 Å². The van der Waals surface area contributed by atoms with Crippen LogP contribution < -0.4 is 5.32 Å². The molecule has 6 heteroatoms. The van der Waals surface area contributed by atoms with E-state index in [0.29, 0.717) is 24.3 Å². The Kier molecular flexibility index (Phi) is 8.14. The number of carbonyl (C=O) groups excluding carboxylic acids is 2. The summed E-state index contributed by atoms with van der Waals surface area (Å²) in [5.74, 6) is 0.746. The van der Waals surface area contributed by atoms with Crippen molar-refractivity contribution < 1.29 is 14.3 Å². The van der Waals surface area contributed by atoms with Crippen molar-refractivity contribution in [2.24, 2.45) is 0 Å². The lowest BCUT2D eigenvalue weighted by Gasteiger charge is -2.27. The molecule has 0 unspecified atom stereocenters. The highest BCUT2D eigenvalue weighted by atomic mass is 32.2. The zero-order valence-electron chi connectivity index (χ0n) is 17.8. The number of para-hydroxylation sites is 1. The largest absolute Gasteiger partial charge is 0.444 e. The maximum Gasteiger partial charge on any atom is 0.410 e. The van der Waals surface area contributed by atoms with Crippen molar-refractivity contribution in [3.63, 3.8) is 0 Å². The van der Waals surface area contributed by atoms with E-state index >= 15 is 0 Å². The number of thioether (sulfide) groups is 1. The van der Waals surface area contributed by atoms with Gasteiger partial charge in [0.15, 0.2) is 0 Å². The predicted octanol–water partition coefficient (Wildman–Crippen LogP) is 5.56. The van der Waals surface area contributed by atoms with Crippen molar-refractivity contribution in [2.75, 3.05) is 18.1 Å². The van der Waals surface area contributed by atoms with Crippen LogP contribution in [0.2, 0.25) is 0 Å². The first kappa shape index (κ1) is 22.8. The van der Waals surface area contributed by atoms with Crippen LogP contribution in [-0.4, -0.2) is 35.3 Å². The quantitative estimate of drug-likeness (QED) is 0.644. The van der Waals surface area contributed by atoms with Gasteiger partial charge in [-0.25, -0.2) is 4.79 Å². The fourth-order valence-electron chi connectivity index (χ4n) is 2.73. The third kappa shape index (κ3) is 7.13. The molecule has 0 aromatic heterocycles. The van der Waals surface area contributed by atoms with E-state index in [-0.39, 0.29) is 12.0 Å². The summed E-state index contributed by atoms with van der Waals surface area (Å²) in [5, 5.41) is 2.97. The first-order valence-corrected chi connectivity index (χ1v) is 11.1. The molecule has 2 aromatic rings. The van der Waals surface area contributed by atoms with E-state index in [4.69, 9.17) is 4.74 Å². The summed E-state index contributed by atoms with van der Waals surface area (Å²) in [6.07, 6.45) is 1.68. The normalized spacial score (nSPS) is 11.1. The van der Waals surface area contributed by atoms with E-state index in [1.807, 2.05) is 76.2 Å². The van der Waals surface area contributed by atoms with Gasteiger partial charge in [0.2, 0.25) is 0 Å². The van der Waals surface area contributed by atoms with Crippen LogP contribution in [0.3, 0.4) is 0 Å². The van der Waals surface area contributed by atoms with Crippen molar-refractivity contribution in [1.82, 2.24) is 4.90 Å². The number of benzene rings is 2. The van der Waals surface area contributed by atoms with Crippen molar-refractivity contribution in [2.45, 2.75) is 45.6 Å². The maximum atomic E-state index is 12.7. The van der Waals surface area contributed by atoms with Crippen LogP contribution in [0.15, 0.2) is 48.5 Å². The molecule has 0 aliphatic heterocycles. The highest BCUT2D eigenvalue weighted by Crippen LogP contribution is 2.20. The Morgan fingerprint density at radius 1 is 1.07 bits per heavy atom. The average molecular weight is 415 g/mol.